The summed E-state index contributed by atoms with van der Waals surface area (Å²) >= 11 is 6.11. The van der Waals surface area contributed by atoms with Gasteiger partial charge in [0.25, 0.3) is 5.91 Å². The molecule has 2 atom stereocenters. The number of rotatable bonds is 3. The maximum absolute atomic E-state index is 12.7. The number of carbonyl (C=O) groups excluding carboxylic acids is 2. The van der Waals surface area contributed by atoms with Crippen LogP contribution in [-0.4, -0.2) is 40.9 Å². The molecule has 1 heterocycles. The average molecular weight is 339 g/mol. The second-order valence-corrected chi connectivity index (χ2v) is 6.24. The Morgan fingerprint density at radius 3 is 2.61 bits per heavy atom. The summed E-state index contributed by atoms with van der Waals surface area (Å²) in [6.07, 6.45) is 0.422. The molecule has 0 aliphatic carbocycles. The van der Waals surface area contributed by atoms with Crippen LogP contribution in [0.2, 0.25) is 5.02 Å². The number of benzene rings is 1. The fourth-order valence-electron chi connectivity index (χ4n) is 2.84. The Labute approximate surface area is 139 Å². The van der Waals surface area contributed by atoms with Gasteiger partial charge in [0.05, 0.1) is 16.5 Å². The van der Waals surface area contributed by atoms with E-state index in [0.717, 1.165) is 0 Å². The number of halogens is 1. The molecule has 0 spiro atoms. The van der Waals surface area contributed by atoms with Gasteiger partial charge in [0.2, 0.25) is 5.91 Å². The number of carboxylic acid groups (broad SMARTS) is 1. The monoisotopic (exact) mass is 338 g/mol. The average Bonchev–Trinajstić information content (AvgIpc) is 2.47. The van der Waals surface area contributed by atoms with Crippen molar-refractivity contribution in [3.8, 4) is 0 Å². The summed E-state index contributed by atoms with van der Waals surface area (Å²) in [5.41, 5.74) is 0.803. The Morgan fingerprint density at radius 1 is 1.35 bits per heavy atom. The number of aliphatic carboxylic acids is 1. The maximum Gasteiger partial charge on any atom is 0.306 e. The number of carbonyl (C=O) groups is 3. The molecule has 23 heavy (non-hydrogen) atoms. The molecule has 1 aromatic rings. The molecule has 1 fully saturated rings. The van der Waals surface area contributed by atoms with Crippen molar-refractivity contribution in [3.05, 3.63) is 28.8 Å². The first-order valence-corrected chi connectivity index (χ1v) is 7.76. The number of amides is 2. The molecular formula is C16H19ClN2O4. The SMILES string of the molecule is CC(=O)Nc1ccc(Cl)c(C(=O)N2CCC(C(=O)O)C(C)C2)c1. The van der Waals surface area contributed by atoms with E-state index in [9.17, 15) is 14.4 Å². The van der Waals surface area contributed by atoms with Gasteiger partial charge in [-0.15, -0.1) is 0 Å². The lowest BCUT2D eigenvalue weighted by Crippen LogP contribution is -2.45. The molecule has 7 heteroatoms. The minimum Gasteiger partial charge on any atom is -0.481 e. The number of likely N-dealkylation sites (tertiary alicyclic amines) is 1. The quantitative estimate of drug-likeness (QED) is 0.886. The molecule has 1 aromatic carbocycles. The normalized spacial score (nSPS) is 20.9. The van der Waals surface area contributed by atoms with Gasteiger partial charge in [-0.1, -0.05) is 18.5 Å². The summed E-state index contributed by atoms with van der Waals surface area (Å²) in [6.45, 7) is 3.96. The third-order valence-corrected chi connectivity index (χ3v) is 4.36. The molecular weight excluding hydrogens is 320 g/mol. The van der Waals surface area contributed by atoms with Gasteiger partial charge in [0, 0.05) is 25.7 Å². The predicted molar refractivity (Wildman–Crippen MR) is 86.6 cm³/mol. The van der Waals surface area contributed by atoms with Crippen molar-refractivity contribution < 1.29 is 19.5 Å². The first kappa shape index (κ1) is 17.3. The van der Waals surface area contributed by atoms with Crippen molar-refractivity contribution in [2.24, 2.45) is 11.8 Å². The van der Waals surface area contributed by atoms with Gasteiger partial charge in [0.15, 0.2) is 0 Å². The van der Waals surface area contributed by atoms with Crippen LogP contribution in [0.5, 0.6) is 0 Å². The summed E-state index contributed by atoms with van der Waals surface area (Å²) in [6, 6.07) is 4.73. The highest BCUT2D eigenvalue weighted by atomic mass is 35.5. The van der Waals surface area contributed by atoms with Crippen molar-refractivity contribution >= 4 is 35.1 Å². The second-order valence-electron chi connectivity index (χ2n) is 5.84. The number of piperidine rings is 1. The van der Waals surface area contributed by atoms with Crippen molar-refractivity contribution in [3.63, 3.8) is 0 Å². The van der Waals surface area contributed by atoms with Gasteiger partial charge in [-0.3, -0.25) is 14.4 Å². The van der Waals surface area contributed by atoms with Gasteiger partial charge in [-0.2, -0.15) is 0 Å². The number of hydrogen-bond acceptors (Lipinski definition) is 3. The van der Waals surface area contributed by atoms with Crippen LogP contribution in [0.25, 0.3) is 0 Å². The number of nitrogens with zero attached hydrogens (tertiary/aromatic N) is 1. The van der Waals surface area contributed by atoms with Crippen molar-refractivity contribution in [1.82, 2.24) is 4.90 Å². The van der Waals surface area contributed by atoms with Crippen LogP contribution in [0.15, 0.2) is 18.2 Å². The van der Waals surface area contributed by atoms with Crippen LogP contribution in [0, 0.1) is 11.8 Å². The molecule has 6 nitrogen and oxygen atoms in total. The van der Waals surface area contributed by atoms with Gasteiger partial charge < -0.3 is 15.3 Å². The van der Waals surface area contributed by atoms with E-state index in [2.05, 4.69) is 5.32 Å². The summed E-state index contributed by atoms with van der Waals surface area (Å²) < 4.78 is 0. The molecule has 0 saturated carbocycles. The minimum atomic E-state index is -0.824. The lowest BCUT2D eigenvalue weighted by molar-refractivity contribution is -0.145. The lowest BCUT2D eigenvalue weighted by Gasteiger charge is -2.35. The Hall–Kier alpha value is -2.08. The van der Waals surface area contributed by atoms with Crippen LogP contribution in [0.1, 0.15) is 30.6 Å². The van der Waals surface area contributed by atoms with Gasteiger partial charge in [-0.05, 0) is 30.5 Å². The van der Waals surface area contributed by atoms with E-state index in [4.69, 9.17) is 16.7 Å². The molecule has 0 radical (unpaired) electrons. The molecule has 2 amide bonds. The molecule has 2 N–H and O–H groups in total. The van der Waals surface area contributed by atoms with Crippen LogP contribution in [-0.2, 0) is 9.59 Å². The van der Waals surface area contributed by atoms with Crippen molar-refractivity contribution in [1.29, 1.82) is 0 Å². The molecule has 0 aromatic heterocycles. The Bertz CT molecular complexity index is 647. The van der Waals surface area contributed by atoms with Crippen LogP contribution in [0.4, 0.5) is 5.69 Å². The molecule has 2 rings (SSSR count). The predicted octanol–water partition coefficient (Wildman–Crippen LogP) is 2.48. The number of nitrogens with one attached hydrogen (secondary N) is 1. The summed E-state index contributed by atoms with van der Waals surface area (Å²) in [5, 5.41) is 12.1. The van der Waals surface area contributed by atoms with Crippen molar-refractivity contribution in [2.75, 3.05) is 18.4 Å². The third kappa shape index (κ3) is 4.01. The molecule has 1 aliphatic rings. The fourth-order valence-corrected chi connectivity index (χ4v) is 3.04. The van der Waals surface area contributed by atoms with Crippen LogP contribution < -0.4 is 5.32 Å². The smallest absolute Gasteiger partial charge is 0.306 e. The van der Waals surface area contributed by atoms with E-state index in [-0.39, 0.29) is 17.7 Å². The molecule has 1 saturated heterocycles. The maximum atomic E-state index is 12.7. The fraction of sp³-hybridized carbons (Fsp3) is 0.438. The van der Waals surface area contributed by atoms with Gasteiger partial charge in [-0.25, -0.2) is 0 Å². The second kappa shape index (κ2) is 7.00. The highest BCUT2D eigenvalue weighted by molar-refractivity contribution is 6.34. The zero-order valence-corrected chi connectivity index (χ0v) is 13.8. The number of anilines is 1. The Balaban J connectivity index is 2.17. The standard InChI is InChI=1S/C16H19ClN2O4/c1-9-8-19(6-5-12(9)16(22)23)15(21)13-7-11(18-10(2)20)3-4-14(13)17/h3-4,7,9,12H,5-6,8H2,1-2H3,(H,18,20)(H,22,23). The molecule has 2 unspecified atom stereocenters. The van der Waals surface area contributed by atoms with E-state index in [1.807, 2.05) is 6.92 Å². The molecule has 0 bridgehead atoms. The zero-order chi connectivity index (χ0) is 17.1. The summed E-state index contributed by atoms with van der Waals surface area (Å²) in [5.74, 6) is -1.86. The third-order valence-electron chi connectivity index (χ3n) is 4.03. The van der Waals surface area contributed by atoms with E-state index >= 15 is 0 Å². The summed E-state index contributed by atoms with van der Waals surface area (Å²) in [4.78, 5) is 36.6. The highest BCUT2D eigenvalue weighted by Gasteiger charge is 2.33. The molecule has 124 valence electrons. The van der Waals surface area contributed by atoms with Gasteiger partial charge >= 0.3 is 5.97 Å². The number of carboxylic acids is 1. The largest absolute Gasteiger partial charge is 0.481 e. The van der Waals surface area contributed by atoms with E-state index in [1.165, 1.54) is 6.92 Å². The summed E-state index contributed by atoms with van der Waals surface area (Å²) in [7, 11) is 0. The first-order valence-electron chi connectivity index (χ1n) is 7.38. The first-order chi connectivity index (χ1) is 10.8. The number of hydrogen-bond donors (Lipinski definition) is 2. The lowest BCUT2D eigenvalue weighted by atomic mass is 9.87. The van der Waals surface area contributed by atoms with Crippen LogP contribution >= 0.6 is 11.6 Å². The van der Waals surface area contributed by atoms with Crippen LogP contribution in [0.3, 0.4) is 0 Å². The Morgan fingerprint density at radius 2 is 2.04 bits per heavy atom. The Kier molecular flexibility index (Phi) is 5.26. The minimum absolute atomic E-state index is 0.123. The topological polar surface area (TPSA) is 86.7 Å². The highest BCUT2D eigenvalue weighted by Crippen LogP contribution is 2.27. The van der Waals surface area contributed by atoms with Gasteiger partial charge in [0.1, 0.15) is 0 Å². The molecule has 1 aliphatic heterocycles. The van der Waals surface area contributed by atoms with E-state index in [1.54, 1.807) is 23.1 Å². The van der Waals surface area contributed by atoms with E-state index in [0.29, 0.717) is 35.8 Å². The van der Waals surface area contributed by atoms with Crippen molar-refractivity contribution in [2.45, 2.75) is 20.3 Å². The zero-order valence-electron chi connectivity index (χ0n) is 13.0. The van der Waals surface area contributed by atoms with E-state index < -0.39 is 11.9 Å².